The zero-order chi connectivity index (χ0) is 36.7. The van der Waals surface area contributed by atoms with E-state index in [1.165, 1.54) is 69.2 Å². The summed E-state index contributed by atoms with van der Waals surface area (Å²) in [7, 11) is 0. The summed E-state index contributed by atoms with van der Waals surface area (Å²) in [6.45, 7) is 0. The number of fused-ring (bicyclic) bond motifs is 10. The highest BCUT2D eigenvalue weighted by Gasteiger charge is 2.22. The third-order valence-corrected chi connectivity index (χ3v) is 12.6. The van der Waals surface area contributed by atoms with Gasteiger partial charge in [-0.3, -0.25) is 4.57 Å². The summed E-state index contributed by atoms with van der Waals surface area (Å²) in [5.74, 6) is 0.655. The van der Waals surface area contributed by atoms with Crippen LogP contribution < -0.4 is 0 Å². The quantitative estimate of drug-likeness (QED) is 0.181. The summed E-state index contributed by atoms with van der Waals surface area (Å²) in [6.07, 6.45) is 0. The average Bonchev–Trinajstić information content (AvgIpc) is 3.82. The molecule has 0 aliphatic rings. The van der Waals surface area contributed by atoms with Crippen LogP contribution in [0.3, 0.4) is 0 Å². The molecule has 0 aliphatic carbocycles. The highest BCUT2D eigenvalue weighted by molar-refractivity contribution is 7.25. The van der Waals surface area contributed by atoms with Crippen LogP contribution in [0.2, 0.25) is 0 Å². The molecule has 0 radical (unpaired) electrons. The fourth-order valence-electron chi connectivity index (χ4n) is 8.82. The van der Waals surface area contributed by atoms with E-state index in [4.69, 9.17) is 9.97 Å². The van der Waals surface area contributed by atoms with Crippen LogP contribution in [-0.2, 0) is 0 Å². The van der Waals surface area contributed by atoms with Crippen LogP contribution >= 0.6 is 11.3 Å². The summed E-state index contributed by atoms with van der Waals surface area (Å²) in [4.78, 5) is 10.9. The zero-order valence-electron chi connectivity index (χ0n) is 30.1. The van der Waals surface area contributed by atoms with Gasteiger partial charge in [0.05, 0.1) is 22.2 Å². The molecular weight excluding hydrogens is 699 g/mol. The molecule has 0 saturated heterocycles. The molecule has 4 heteroatoms. The Balaban J connectivity index is 1.13. The molecule has 12 aromatic rings. The fourth-order valence-corrected chi connectivity index (χ4v) is 9.91. The lowest BCUT2D eigenvalue weighted by molar-refractivity contribution is 1.02. The number of rotatable bonds is 4. The van der Waals surface area contributed by atoms with Crippen LogP contribution in [0, 0.1) is 0 Å². The van der Waals surface area contributed by atoms with Crippen molar-refractivity contribution in [1.82, 2.24) is 14.5 Å². The van der Waals surface area contributed by atoms with Crippen molar-refractivity contribution >= 4 is 85.8 Å². The Morgan fingerprint density at radius 2 is 0.964 bits per heavy atom. The van der Waals surface area contributed by atoms with Gasteiger partial charge in [0.25, 0.3) is 0 Å². The Labute approximate surface area is 326 Å². The summed E-state index contributed by atoms with van der Waals surface area (Å²) in [6, 6.07) is 67.9. The van der Waals surface area contributed by atoms with Crippen molar-refractivity contribution in [3.05, 3.63) is 188 Å². The highest BCUT2D eigenvalue weighted by Crippen LogP contribution is 2.43. The van der Waals surface area contributed by atoms with Crippen molar-refractivity contribution in [2.75, 3.05) is 0 Å². The topological polar surface area (TPSA) is 30.7 Å². The minimum Gasteiger partial charge on any atom is -0.277 e. The standard InChI is InChI=1S/C52H31N3S/c1-3-14-37-32(11-1)13-9-18-38(37)34-23-25-35(26-24-34)49-44-17-5-7-21-46(44)53-52(54-49)55-50-39-15-4-2-12-33(39)27-29-43(50)42-20-10-19-40(51(42)55)36-28-30-48-45(31-36)41-16-6-8-22-47(41)56-48/h1-31H. The third-order valence-electron chi connectivity index (χ3n) is 11.4. The second-order valence-corrected chi connectivity index (χ2v) is 15.6. The van der Waals surface area contributed by atoms with E-state index in [1.54, 1.807) is 0 Å². The molecule has 3 aromatic heterocycles. The maximum Gasteiger partial charge on any atom is 0.235 e. The molecule has 3 heterocycles. The molecule has 3 nitrogen and oxygen atoms in total. The smallest absolute Gasteiger partial charge is 0.235 e. The van der Waals surface area contributed by atoms with Crippen LogP contribution in [0.1, 0.15) is 0 Å². The van der Waals surface area contributed by atoms with Gasteiger partial charge < -0.3 is 0 Å². The Bertz CT molecular complexity index is 3530. The van der Waals surface area contributed by atoms with Crippen LogP contribution in [0.25, 0.3) is 114 Å². The minimum atomic E-state index is 0.655. The number of hydrogen-bond acceptors (Lipinski definition) is 3. The first-order chi connectivity index (χ1) is 27.8. The highest BCUT2D eigenvalue weighted by atomic mass is 32.1. The molecule has 56 heavy (non-hydrogen) atoms. The largest absolute Gasteiger partial charge is 0.277 e. The lowest BCUT2D eigenvalue weighted by Gasteiger charge is -2.15. The Hall–Kier alpha value is -7.14. The van der Waals surface area contributed by atoms with E-state index in [2.05, 4.69) is 193 Å². The number of hydrogen-bond donors (Lipinski definition) is 0. The van der Waals surface area contributed by atoms with E-state index in [0.717, 1.165) is 38.8 Å². The SMILES string of the molecule is c1ccc2c(-c3ccc(-c4nc(-n5c6c(-c7ccc8sc9ccccc9c8c7)cccc6c6ccc7ccccc7c65)nc5ccccc45)cc3)cccc2c1. The molecular formula is C52H31N3S. The zero-order valence-corrected chi connectivity index (χ0v) is 31.0. The molecule has 260 valence electrons. The van der Waals surface area contributed by atoms with E-state index in [9.17, 15) is 0 Å². The summed E-state index contributed by atoms with van der Waals surface area (Å²) < 4.78 is 4.93. The first kappa shape index (κ1) is 31.2. The van der Waals surface area contributed by atoms with Crippen LogP contribution in [-0.4, -0.2) is 14.5 Å². The molecule has 0 aliphatic heterocycles. The number of aromatic nitrogens is 3. The van der Waals surface area contributed by atoms with Gasteiger partial charge in [-0.1, -0.05) is 164 Å². The van der Waals surface area contributed by atoms with Gasteiger partial charge in [0.15, 0.2) is 0 Å². The maximum atomic E-state index is 5.54. The van der Waals surface area contributed by atoms with Crippen molar-refractivity contribution in [2.45, 2.75) is 0 Å². The van der Waals surface area contributed by atoms with Crippen molar-refractivity contribution < 1.29 is 0 Å². The van der Waals surface area contributed by atoms with Crippen LogP contribution in [0.15, 0.2) is 188 Å². The summed E-state index contributed by atoms with van der Waals surface area (Å²) >= 11 is 1.85. The molecule has 9 aromatic carbocycles. The van der Waals surface area contributed by atoms with Gasteiger partial charge in [-0.05, 0) is 57.1 Å². The monoisotopic (exact) mass is 729 g/mol. The first-order valence-corrected chi connectivity index (χ1v) is 19.8. The van der Waals surface area contributed by atoms with Crippen LogP contribution in [0.4, 0.5) is 0 Å². The number of para-hydroxylation sites is 2. The number of benzene rings is 9. The lowest BCUT2D eigenvalue weighted by atomic mass is 9.96. The van der Waals surface area contributed by atoms with Crippen molar-refractivity contribution in [2.24, 2.45) is 0 Å². The van der Waals surface area contributed by atoms with Crippen molar-refractivity contribution in [1.29, 1.82) is 0 Å². The molecule has 0 N–H and O–H groups in total. The van der Waals surface area contributed by atoms with Crippen LogP contribution in [0.5, 0.6) is 0 Å². The molecule has 0 fully saturated rings. The normalized spacial score (nSPS) is 11.9. The second kappa shape index (κ2) is 12.2. The van der Waals surface area contributed by atoms with Gasteiger partial charge in [0.1, 0.15) is 0 Å². The second-order valence-electron chi connectivity index (χ2n) is 14.5. The molecule has 0 amide bonds. The van der Waals surface area contributed by atoms with Crippen molar-refractivity contribution in [3.8, 4) is 39.5 Å². The van der Waals surface area contributed by atoms with Gasteiger partial charge in [-0.2, -0.15) is 0 Å². The third kappa shape index (κ3) is 4.70. The van der Waals surface area contributed by atoms with Gasteiger partial charge in [-0.25, -0.2) is 9.97 Å². The molecule has 0 unspecified atom stereocenters. The molecule has 0 saturated carbocycles. The lowest BCUT2D eigenvalue weighted by Crippen LogP contribution is -2.04. The molecule has 0 spiro atoms. The number of nitrogens with zero attached hydrogens (tertiary/aromatic N) is 3. The molecule has 0 bridgehead atoms. The predicted octanol–water partition coefficient (Wildman–Crippen LogP) is 14.4. The maximum absolute atomic E-state index is 5.54. The predicted molar refractivity (Wildman–Crippen MR) is 238 cm³/mol. The minimum absolute atomic E-state index is 0.655. The van der Waals surface area contributed by atoms with E-state index < -0.39 is 0 Å². The van der Waals surface area contributed by atoms with Gasteiger partial charge >= 0.3 is 0 Å². The Kier molecular flexibility index (Phi) is 6.80. The Morgan fingerprint density at radius 3 is 1.84 bits per heavy atom. The van der Waals surface area contributed by atoms with Gasteiger partial charge in [-0.15, -0.1) is 11.3 Å². The molecule has 0 atom stereocenters. The van der Waals surface area contributed by atoms with E-state index in [-0.39, 0.29) is 0 Å². The van der Waals surface area contributed by atoms with E-state index in [0.29, 0.717) is 5.95 Å². The Morgan fingerprint density at radius 1 is 0.357 bits per heavy atom. The average molecular weight is 730 g/mol. The first-order valence-electron chi connectivity index (χ1n) is 19.0. The number of thiophene rings is 1. The fraction of sp³-hybridized carbons (Fsp3) is 0. The van der Waals surface area contributed by atoms with E-state index >= 15 is 0 Å². The molecule has 12 rings (SSSR count). The van der Waals surface area contributed by atoms with Crippen molar-refractivity contribution in [3.63, 3.8) is 0 Å². The van der Waals surface area contributed by atoms with Gasteiger partial charge in [0, 0.05) is 52.8 Å². The van der Waals surface area contributed by atoms with Gasteiger partial charge in [0.2, 0.25) is 5.95 Å². The summed E-state index contributed by atoms with van der Waals surface area (Å²) in [5.41, 5.74) is 9.81. The van der Waals surface area contributed by atoms with E-state index in [1.807, 2.05) is 11.3 Å². The summed E-state index contributed by atoms with van der Waals surface area (Å²) in [5, 5.41) is 10.8.